The highest BCUT2D eigenvalue weighted by Crippen LogP contribution is 2.36. The van der Waals surface area contributed by atoms with E-state index in [9.17, 15) is 8.42 Å². The van der Waals surface area contributed by atoms with Crippen molar-refractivity contribution in [3.05, 3.63) is 72.4 Å². The third-order valence-corrected chi connectivity index (χ3v) is 9.41. The predicted molar refractivity (Wildman–Crippen MR) is 162 cm³/mol. The average molecular weight is 578 g/mol. The number of sulfonamides is 1. The van der Waals surface area contributed by atoms with Crippen molar-refractivity contribution in [1.29, 1.82) is 0 Å². The number of ether oxygens (including phenoxy) is 1. The lowest BCUT2D eigenvalue weighted by Crippen LogP contribution is -2.30. The smallest absolute Gasteiger partial charge is 0.240 e. The molecule has 8 nitrogen and oxygen atoms in total. The maximum atomic E-state index is 12.7. The zero-order chi connectivity index (χ0) is 28.1. The molecule has 0 saturated carbocycles. The van der Waals surface area contributed by atoms with E-state index in [0.717, 1.165) is 44.6 Å². The fourth-order valence-corrected chi connectivity index (χ4v) is 6.98. The van der Waals surface area contributed by atoms with Crippen LogP contribution < -0.4 is 14.8 Å². The first kappa shape index (κ1) is 28.2. The molecule has 1 aliphatic rings. The molecule has 0 radical (unpaired) electrons. The highest BCUT2D eigenvalue weighted by molar-refractivity contribution is 7.89. The van der Waals surface area contributed by atoms with Gasteiger partial charge in [0.05, 0.1) is 15.5 Å². The number of benzene rings is 2. The summed E-state index contributed by atoms with van der Waals surface area (Å²) in [5.41, 5.74) is 3.51. The first-order chi connectivity index (χ1) is 19.3. The number of rotatable bonds is 11. The molecule has 40 heavy (non-hydrogen) atoms. The summed E-state index contributed by atoms with van der Waals surface area (Å²) < 4.78 is 33.9. The van der Waals surface area contributed by atoms with Gasteiger partial charge in [-0.2, -0.15) is 0 Å². The van der Waals surface area contributed by atoms with Crippen LogP contribution in [0, 0.1) is 6.92 Å². The van der Waals surface area contributed by atoms with Crippen LogP contribution in [-0.2, 0) is 10.0 Å². The lowest BCUT2D eigenvalue weighted by molar-refractivity contribution is 0.238. The van der Waals surface area contributed by atoms with Gasteiger partial charge in [-0.3, -0.25) is 4.90 Å². The summed E-state index contributed by atoms with van der Waals surface area (Å²) in [6, 6.07) is 18.7. The first-order valence-electron chi connectivity index (χ1n) is 13.6. The monoisotopic (exact) mass is 577 g/mol. The van der Waals surface area contributed by atoms with Crippen LogP contribution in [0.3, 0.4) is 0 Å². The largest absolute Gasteiger partial charge is 0.492 e. The molecule has 1 fully saturated rings. The fourth-order valence-electron chi connectivity index (χ4n) is 4.63. The summed E-state index contributed by atoms with van der Waals surface area (Å²) in [4.78, 5) is 13.9. The van der Waals surface area contributed by atoms with Crippen LogP contribution in [0.15, 0.2) is 71.8 Å². The fraction of sp³-hybridized carbons (Fsp3) is 0.333. The van der Waals surface area contributed by atoms with Crippen LogP contribution in [0.25, 0.3) is 21.0 Å². The Morgan fingerprint density at radius 2 is 1.77 bits per heavy atom. The van der Waals surface area contributed by atoms with Gasteiger partial charge in [0.1, 0.15) is 12.4 Å². The lowest BCUT2D eigenvalue weighted by Gasteiger charge is -2.15. The Morgan fingerprint density at radius 3 is 2.52 bits per heavy atom. The molecule has 0 aliphatic carbocycles. The highest BCUT2D eigenvalue weighted by Gasteiger charge is 2.17. The molecule has 3 heterocycles. The molecule has 1 saturated heterocycles. The van der Waals surface area contributed by atoms with Gasteiger partial charge in [0, 0.05) is 29.3 Å². The highest BCUT2D eigenvalue weighted by atomic mass is 32.2. The number of nitrogens with one attached hydrogen (secondary N) is 2. The normalized spacial score (nSPS) is 14.1. The van der Waals surface area contributed by atoms with E-state index in [1.165, 1.54) is 25.9 Å². The van der Waals surface area contributed by atoms with Crippen LogP contribution in [-0.4, -0.2) is 55.6 Å². The van der Waals surface area contributed by atoms with Gasteiger partial charge in [-0.25, -0.2) is 23.1 Å². The topological polar surface area (TPSA) is 96.5 Å². The Labute approximate surface area is 240 Å². The summed E-state index contributed by atoms with van der Waals surface area (Å²) in [5, 5.41) is 3.29. The van der Waals surface area contributed by atoms with Crippen LogP contribution >= 0.6 is 11.3 Å². The van der Waals surface area contributed by atoms with E-state index in [1.54, 1.807) is 43.4 Å². The molecule has 2 aromatic heterocycles. The van der Waals surface area contributed by atoms with Gasteiger partial charge < -0.3 is 10.1 Å². The van der Waals surface area contributed by atoms with E-state index in [0.29, 0.717) is 12.6 Å². The third-order valence-electron chi connectivity index (χ3n) is 6.62. The molecule has 2 N–H and O–H groups in total. The second-order valence-corrected chi connectivity index (χ2v) is 13.0. The van der Waals surface area contributed by atoms with Crippen molar-refractivity contribution in [2.75, 3.05) is 31.6 Å². The van der Waals surface area contributed by atoms with Crippen molar-refractivity contribution in [2.45, 2.75) is 44.6 Å². The molecule has 10 heteroatoms. The molecule has 4 aromatic rings. The minimum atomic E-state index is -3.57. The molecule has 0 spiro atoms. The van der Waals surface area contributed by atoms with Crippen LogP contribution in [0.4, 0.5) is 11.6 Å². The van der Waals surface area contributed by atoms with Crippen LogP contribution in [0.5, 0.6) is 5.75 Å². The number of aromatic nitrogens is 2. The van der Waals surface area contributed by atoms with Gasteiger partial charge in [0.25, 0.3) is 0 Å². The Bertz CT molecular complexity index is 1550. The Balaban J connectivity index is 1.27. The number of aryl methyl sites for hydroxylation is 1. The number of nitrogens with zero attached hydrogens (tertiary/aromatic N) is 3. The Kier molecular flexibility index (Phi) is 8.80. The minimum absolute atomic E-state index is 0.179. The number of hydrogen-bond acceptors (Lipinski definition) is 8. The van der Waals surface area contributed by atoms with Crippen molar-refractivity contribution < 1.29 is 13.2 Å². The van der Waals surface area contributed by atoms with E-state index in [4.69, 9.17) is 9.72 Å². The maximum Gasteiger partial charge on any atom is 0.240 e. The minimum Gasteiger partial charge on any atom is -0.492 e. The van der Waals surface area contributed by atoms with Crippen LogP contribution in [0.1, 0.15) is 32.3 Å². The first-order valence-corrected chi connectivity index (χ1v) is 15.9. The third kappa shape index (κ3) is 7.06. The van der Waals surface area contributed by atoms with Crippen molar-refractivity contribution in [3.63, 3.8) is 0 Å². The van der Waals surface area contributed by atoms with E-state index >= 15 is 0 Å². The summed E-state index contributed by atoms with van der Waals surface area (Å²) in [6.45, 7) is 9.59. The number of thiophene rings is 1. The van der Waals surface area contributed by atoms with Gasteiger partial charge in [0.2, 0.25) is 16.0 Å². The lowest BCUT2D eigenvalue weighted by atomic mass is 10.2. The van der Waals surface area contributed by atoms with Crippen molar-refractivity contribution in [1.82, 2.24) is 19.6 Å². The molecular weight excluding hydrogens is 542 g/mol. The molecular formula is C30H35N5O3S2. The second-order valence-electron chi connectivity index (χ2n) is 10.2. The molecule has 0 amide bonds. The average Bonchev–Trinajstić information content (AvgIpc) is 3.63. The molecule has 1 aliphatic heterocycles. The van der Waals surface area contributed by atoms with Gasteiger partial charge in [0.15, 0.2) is 0 Å². The van der Waals surface area contributed by atoms with Gasteiger partial charge in [-0.15, -0.1) is 11.3 Å². The zero-order valence-electron chi connectivity index (χ0n) is 23.1. The molecule has 210 valence electrons. The van der Waals surface area contributed by atoms with E-state index in [2.05, 4.69) is 19.9 Å². The van der Waals surface area contributed by atoms with E-state index in [-0.39, 0.29) is 10.9 Å². The summed E-state index contributed by atoms with van der Waals surface area (Å²) in [5.74, 6) is 1.35. The van der Waals surface area contributed by atoms with Crippen molar-refractivity contribution in [3.8, 4) is 26.8 Å². The summed E-state index contributed by atoms with van der Waals surface area (Å²) in [6.07, 6.45) is 4.38. The quantitative estimate of drug-likeness (QED) is 0.223. The van der Waals surface area contributed by atoms with Gasteiger partial charge >= 0.3 is 0 Å². The van der Waals surface area contributed by atoms with Crippen molar-refractivity contribution >= 4 is 33.0 Å². The molecule has 5 rings (SSSR count). The second kappa shape index (κ2) is 12.5. The van der Waals surface area contributed by atoms with E-state index in [1.807, 2.05) is 55.6 Å². The maximum absolute atomic E-state index is 12.7. The predicted octanol–water partition coefficient (Wildman–Crippen LogP) is 6.09. The summed E-state index contributed by atoms with van der Waals surface area (Å²) in [7, 11) is -3.57. The van der Waals surface area contributed by atoms with E-state index < -0.39 is 10.0 Å². The molecule has 0 bridgehead atoms. The molecule has 2 aromatic carbocycles. The van der Waals surface area contributed by atoms with Gasteiger partial charge in [-0.05, 0) is 106 Å². The number of likely N-dealkylation sites (tertiary alicyclic amines) is 1. The molecule has 0 atom stereocenters. The van der Waals surface area contributed by atoms with Gasteiger partial charge in [-0.1, -0.05) is 12.1 Å². The Morgan fingerprint density at radius 1 is 1.02 bits per heavy atom. The SMILES string of the molecule is Cc1cnc(Nc2ccc(OCCN3CCCC3)cc2)nc1-c1ccc(-c2cccc(S(=O)(=O)NC(C)C)c2)s1. The van der Waals surface area contributed by atoms with Crippen LogP contribution in [0.2, 0.25) is 0 Å². The summed E-state index contributed by atoms with van der Waals surface area (Å²) >= 11 is 1.57. The zero-order valence-corrected chi connectivity index (χ0v) is 24.7. The van der Waals surface area contributed by atoms with Crippen molar-refractivity contribution in [2.24, 2.45) is 0 Å². The molecule has 0 unspecified atom stereocenters. The Hall–Kier alpha value is -3.31. The number of anilines is 2. The standard InChI is InChI=1S/C30H35N5O3S2/c1-21(2)34-40(36,37)26-8-6-7-23(19-26)27-13-14-28(39-27)29-22(3)20-31-30(33-29)32-24-9-11-25(12-10-24)38-18-17-35-15-4-5-16-35/h6-14,19-21,34H,4-5,15-18H2,1-3H3,(H,31,32,33). The number of hydrogen-bond donors (Lipinski definition) is 2.